The van der Waals surface area contributed by atoms with E-state index in [4.69, 9.17) is 0 Å². The molecular formula is C10H18BrN3S. The van der Waals surface area contributed by atoms with Gasteiger partial charge in [0.1, 0.15) is 0 Å². The van der Waals surface area contributed by atoms with Crippen molar-refractivity contribution in [3.05, 3.63) is 15.9 Å². The van der Waals surface area contributed by atoms with Crippen LogP contribution in [0.4, 0.5) is 0 Å². The Morgan fingerprint density at radius 3 is 2.80 bits per heavy atom. The quantitative estimate of drug-likeness (QED) is 0.815. The molecule has 1 rings (SSSR count). The Labute approximate surface area is 104 Å². The van der Waals surface area contributed by atoms with Gasteiger partial charge in [-0.1, -0.05) is 6.92 Å². The molecule has 1 heterocycles. The summed E-state index contributed by atoms with van der Waals surface area (Å²) < 4.78 is 3.11. The van der Waals surface area contributed by atoms with Gasteiger partial charge in [0.15, 0.2) is 0 Å². The van der Waals surface area contributed by atoms with Crippen LogP contribution in [0.1, 0.15) is 18.3 Å². The number of hydrogen-bond acceptors (Lipinski definition) is 3. The lowest BCUT2D eigenvalue weighted by Crippen LogP contribution is -2.18. The molecule has 0 saturated carbocycles. The molecule has 0 spiro atoms. The number of thioether (sulfide) groups is 1. The Morgan fingerprint density at radius 2 is 2.27 bits per heavy atom. The third-order valence-electron chi connectivity index (χ3n) is 2.28. The number of hydrogen-bond donors (Lipinski definition) is 1. The Kier molecular flexibility index (Phi) is 5.71. The number of halogens is 1. The van der Waals surface area contributed by atoms with E-state index in [1.54, 1.807) is 0 Å². The molecule has 0 saturated heterocycles. The zero-order valence-electron chi connectivity index (χ0n) is 9.51. The first-order valence-corrected chi connectivity index (χ1v) is 7.29. The van der Waals surface area contributed by atoms with Gasteiger partial charge in [-0.2, -0.15) is 16.9 Å². The molecule has 0 aliphatic rings. The van der Waals surface area contributed by atoms with Crippen LogP contribution in [-0.2, 0) is 20.0 Å². The van der Waals surface area contributed by atoms with Crippen LogP contribution in [-0.4, -0.2) is 28.3 Å². The molecular weight excluding hydrogens is 274 g/mol. The van der Waals surface area contributed by atoms with Crippen LogP contribution in [0.25, 0.3) is 0 Å². The van der Waals surface area contributed by atoms with Gasteiger partial charge in [-0.3, -0.25) is 4.68 Å². The van der Waals surface area contributed by atoms with E-state index >= 15 is 0 Å². The van der Waals surface area contributed by atoms with E-state index in [0.29, 0.717) is 0 Å². The smallest absolute Gasteiger partial charge is 0.0767 e. The number of rotatable bonds is 6. The molecule has 1 aromatic heterocycles. The molecule has 0 unspecified atom stereocenters. The van der Waals surface area contributed by atoms with Gasteiger partial charge in [0.05, 0.1) is 15.9 Å². The standard InChI is InChI=1S/C10H18BrN3S/c1-4-8-10(11)9(14(2)13-8)7-12-5-6-15-3/h12H,4-7H2,1-3H3. The van der Waals surface area contributed by atoms with Gasteiger partial charge in [0.25, 0.3) is 0 Å². The fourth-order valence-electron chi connectivity index (χ4n) is 1.39. The Bertz CT molecular complexity index is 312. The van der Waals surface area contributed by atoms with Crippen molar-refractivity contribution in [2.75, 3.05) is 18.6 Å². The fourth-order valence-corrected chi connectivity index (χ4v) is 2.50. The van der Waals surface area contributed by atoms with Crippen LogP contribution in [0, 0.1) is 0 Å². The summed E-state index contributed by atoms with van der Waals surface area (Å²) in [6.07, 6.45) is 3.09. The second-order valence-electron chi connectivity index (χ2n) is 3.35. The summed E-state index contributed by atoms with van der Waals surface area (Å²) in [5.74, 6) is 1.15. The maximum Gasteiger partial charge on any atom is 0.0767 e. The van der Waals surface area contributed by atoms with E-state index in [1.165, 1.54) is 5.69 Å². The Balaban J connectivity index is 2.56. The van der Waals surface area contributed by atoms with E-state index < -0.39 is 0 Å². The van der Waals surface area contributed by atoms with Gasteiger partial charge in [0, 0.05) is 25.9 Å². The van der Waals surface area contributed by atoms with Crippen LogP contribution < -0.4 is 5.32 Å². The summed E-state index contributed by atoms with van der Waals surface area (Å²) in [7, 11) is 2.00. The van der Waals surface area contributed by atoms with Gasteiger partial charge < -0.3 is 5.32 Å². The molecule has 0 fully saturated rings. The lowest BCUT2D eigenvalue weighted by Gasteiger charge is -2.04. The highest BCUT2D eigenvalue weighted by molar-refractivity contribution is 9.10. The first kappa shape index (κ1) is 13.1. The predicted molar refractivity (Wildman–Crippen MR) is 70.4 cm³/mol. The summed E-state index contributed by atoms with van der Waals surface area (Å²) in [6.45, 7) is 4.04. The largest absolute Gasteiger partial charge is 0.310 e. The van der Waals surface area contributed by atoms with Crippen molar-refractivity contribution in [3.8, 4) is 0 Å². The molecule has 3 nitrogen and oxygen atoms in total. The number of nitrogens with zero attached hydrogens (tertiary/aromatic N) is 2. The molecule has 0 aromatic carbocycles. The third-order valence-corrected chi connectivity index (χ3v) is 3.81. The number of nitrogens with one attached hydrogen (secondary N) is 1. The summed E-state index contributed by atoms with van der Waals surface area (Å²) in [6, 6.07) is 0. The van der Waals surface area contributed by atoms with Gasteiger partial charge in [-0.15, -0.1) is 0 Å². The van der Waals surface area contributed by atoms with Gasteiger partial charge in [-0.05, 0) is 28.6 Å². The Hall–Kier alpha value is -0.000000000000000111. The summed E-state index contributed by atoms with van der Waals surface area (Å²) in [5, 5.41) is 7.86. The first-order valence-electron chi connectivity index (χ1n) is 5.10. The molecule has 5 heteroatoms. The normalized spacial score (nSPS) is 10.9. The molecule has 86 valence electrons. The summed E-state index contributed by atoms with van der Waals surface area (Å²) in [5.41, 5.74) is 2.37. The van der Waals surface area contributed by atoms with E-state index in [9.17, 15) is 0 Å². The second kappa shape index (κ2) is 6.55. The first-order chi connectivity index (χ1) is 7.20. The van der Waals surface area contributed by atoms with Crippen molar-refractivity contribution in [3.63, 3.8) is 0 Å². The van der Waals surface area contributed by atoms with Crippen molar-refractivity contribution in [2.24, 2.45) is 7.05 Å². The SMILES string of the molecule is CCc1nn(C)c(CNCCSC)c1Br. The molecule has 0 amide bonds. The minimum absolute atomic E-state index is 0.880. The lowest BCUT2D eigenvalue weighted by molar-refractivity contribution is 0.640. The highest BCUT2D eigenvalue weighted by atomic mass is 79.9. The highest BCUT2D eigenvalue weighted by Gasteiger charge is 2.11. The maximum atomic E-state index is 4.45. The predicted octanol–water partition coefficient (Wildman–Crippen LogP) is 2.20. The molecule has 0 radical (unpaired) electrons. The number of aryl methyl sites for hydroxylation is 2. The molecule has 0 aliphatic carbocycles. The number of aromatic nitrogens is 2. The van der Waals surface area contributed by atoms with Crippen molar-refractivity contribution in [1.29, 1.82) is 0 Å². The van der Waals surface area contributed by atoms with Crippen molar-refractivity contribution in [2.45, 2.75) is 19.9 Å². The minimum atomic E-state index is 0.880. The van der Waals surface area contributed by atoms with Gasteiger partial charge >= 0.3 is 0 Å². The van der Waals surface area contributed by atoms with Crippen LogP contribution in [0.3, 0.4) is 0 Å². The molecule has 1 N–H and O–H groups in total. The molecule has 0 atom stereocenters. The van der Waals surface area contributed by atoms with Crippen molar-refractivity contribution >= 4 is 27.7 Å². The Morgan fingerprint density at radius 1 is 1.53 bits per heavy atom. The average Bonchev–Trinajstić information content (AvgIpc) is 2.50. The lowest BCUT2D eigenvalue weighted by atomic mass is 10.3. The zero-order chi connectivity index (χ0) is 11.3. The fraction of sp³-hybridized carbons (Fsp3) is 0.700. The van der Waals surface area contributed by atoms with Gasteiger partial charge in [-0.25, -0.2) is 0 Å². The summed E-state index contributed by atoms with van der Waals surface area (Å²) >= 11 is 5.46. The maximum absolute atomic E-state index is 4.45. The van der Waals surface area contributed by atoms with E-state index in [2.05, 4.69) is 39.5 Å². The van der Waals surface area contributed by atoms with Crippen LogP contribution >= 0.6 is 27.7 Å². The molecule has 1 aromatic rings. The van der Waals surface area contributed by atoms with E-state index in [1.807, 2.05) is 23.5 Å². The average molecular weight is 292 g/mol. The van der Waals surface area contributed by atoms with Crippen LogP contribution in [0.5, 0.6) is 0 Å². The minimum Gasteiger partial charge on any atom is -0.310 e. The van der Waals surface area contributed by atoms with Crippen LogP contribution in [0.2, 0.25) is 0 Å². The van der Waals surface area contributed by atoms with Crippen molar-refractivity contribution in [1.82, 2.24) is 15.1 Å². The van der Waals surface area contributed by atoms with Crippen molar-refractivity contribution < 1.29 is 0 Å². The van der Waals surface area contributed by atoms with E-state index in [-0.39, 0.29) is 0 Å². The topological polar surface area (TPSA) is 29.9 Å². The second-order valence-corrected chi connectivity index (χ2v) is 5.13. The zero-order valence-corrected chi connectivity index (χ0v) is 11.9. The van der Waals surface area contributed by atoms with Crippen LogP contribution in [0.15, 0.2) is 4.47 Å². The monoisotopic (exact) mass is 291 g/mol. The molecule has 0 aliphatic heterocycles. The summed E-state index contributed by atoms with van der Waals surface area (Å²) in [4.78, 5) is 0. The van der Waals surface area contributed by atoms with E-state index in [0.717, 1.165) is 35.4 Å². The van der Waals surface area contributed by atoms with Gasteiger partial charge in [0.2, 0.25) is 0 Å². The third kappa shape index (κ3) is 3.50. The molecule has 0 bridgehead atoms. The highest BCUT2D eigenvalue weighted by Crippen LogP contribution is 2.21. The molecule has 15 heavy (non-hydrogen) atoms.